The van der Waals surface area contributed by atoms with Gasteiger partial charge in [-0.3, -0.25) is 14.4 Å². The molecule has 7 heteroatoms. The fraction of sp³-hybridized carbons (Fsp3) is 0.294. The van der Waals surface area contributed by atoms with Crippen molar-refractivity contribution in [3.05, 3.63) is 35.4 Å². The van der Waals surface area contributed by atoms with Gasteiger partial charge in [0.2, 0.25) is 0 Å². The molecule has 0 saturated heterocycles. The van der Waals surface area contributed by atoms with Gasteiger partial charge in [0.25, 0.3) is 11.8 Å². The van der Waals surface area contributed by atoms with E-state index in [9.17, 15) is 14.7 Å². The molecule has 1 aliphatic rings. The van der Waals surface area contributed by atoms with Gasteiger partial charge in [-0.2, -0.15) is 0 Å². The first-order chi connectivity index (χ1) is 11.5. The minimum absolute atomic E-state index is 0.163. The number of nitrogens with zero attached hydrogens (tertiary/aromatic N) is 1. The van der Waals surface area contributed by atoms with E-state index in [0.29, 0.717) is 27.3 Å². The zero-order valence-corrected chi connectivity index (χ0v) is 13.5. The number of carbonyl (C=O) groups is 2. The summed E-state index contributed by atoms with van der Waals surface area (Å²) >= 11 is 0. The molecule has 2 aromatic carbocycles. The van der Waals surface area contributed by atoms with Crippen molar-refractivity contribution in [2.24, 2.45) is 0 Å². The van der Waals surface area contributed by atoms with Crippen LogP contribution < -0.4 is 9.47 Å². The van der Waals surface area contributed by atoms with Crippen LogP contribution in [0.4, 0.5) is 0 Å². The number of hydroxylamine groups is 2. The molecule has 126 valence electrons. The van der Waals surface area contributed by atoms with Crippen LogP contribution in [0.15, 0.2) is 24.3 Å². The highest BCUT2D eigenvalue weighted by Gasteiger charge is 2.39. The van der Waals surface area contributed by atoms with Crippen molar-refractivity contribution in [1.29, 1.82) is 0 Å². The number of methoxy groups -OCH3 is 2. The lowest BCUT2D eigenvalue weighted by molar-refractivity contribution is -0.113. The maximum atomic E-state index is 12.6. The van der Waals surface area contributed by atoms with Crippen molar-refractivity contribution >= 4 is 22.6 Å². The van der Waals surface area contributed by atoms with Gasteiger partial charge in [-0.1, -0.05) is 12.1 Å². The second-order valence-corrected chi connectivity index (χ2v) is 5.43. The highest BCUT2D eigenvalue weighted by molar-refractivity contribution is 6.27. The Hall–Kier alpha value is -2.64. The lowest BCUT2D eigenvalue weighted by atomic mass is 9.98. The molecule has 24 heavy (non-hydrogen) atoms. The molecule has 7 nitrogen and oxygen atoms in total. The fourth-order valence-electron chi connectivity index (χ4n) is 2.75. The quantitative estimate of drug-likeness (QED) is 0.841. The summed E-state index contributed by atoms with van der Waals surface area (Å²) in [6.45, 7) is 1.34. The van der Waals surface area contributed by atoms with E-state index in [0.717, 1.165) is 0 Å². The van der Waals surface area contributed by atoms with E-state index in [4.69, 9.17) is 14.3 Å². The second-order valence-electron chi connectivity index (χ2n) is 5.43. The van der Waals surface area contributed by atoms with Crippen molar-refractivity contribution in [1.82, 2.24) is 5.06 Å². The van der Waals surface area contributed by atoms with Crippen LogP contribution in [0.2, 0.25) is 0 Å². The summed E-state index contributed by atoms with van der Waals surface area (Å²) < 4.78 is 10.7. The van der Waals surface area contributed by atoms with Crippen LogP contribution in [0.25, 0.3) is 10.8 Å². The molecule has 0 aliphatic carbocycles. The van der Waals surface area contributed by atoms with Crippen LogP contribution in [0.3, 0.4) is 0 Å². The third-order valence-corrected chi connectivity index (χ3v) is 3.78. The monoisotopic (exact) mass is 331 g/mol. The van der Waals surface area contributed by atoms with Gasteiger partial charge in [-0.05, 0) is 19.1 Å². The summed E-state index contributed by atoms with van der Waals surface area (Å²) in [5.41, 5.74) is 0.434. The first-order valence-corrected chi connectivity index (χ1v) is 7.37. The van der Waals surface area contributed by atoms with E-state index in [1.807, 2.05) is 0 Å². The molecule has 1 heterocycles. The molecule has 2 amide bonds. The minimum Gasteiger partial charge on any atom is -0.496 e. The molecule has 0 saturated carbocycles. The SMILES string of the molecule is COc1cccc2c3c(cc(OC)c12)C(=O)N(OCC(C)O)C3=O. The molecular formula is C17H17NO6. The Balaban J connectivity index is 2.20. The van der Waals surface area contributed by atoms with E-state index >= 15 is 0 Å². The minimum atomic E-state index is -0.805. The van der Waals surface area contributed by atoms with Crippen LogP contribution in [-0.4, -0.2) is 48.9 Å². The number of carbonyl (C=O) groups excluding carboxylic acids is 2. The predicted molar refractivity (Wildman–Crippen MR) is 85.2 cm³/mol. The number of benzene rings is 2. The zero-order valence-electron chi connectivity index (χ0n) is 13.5. The smallest absolute Gasteiger partial charge is 0.286 e. The molecule has 0 fully saturated rings. The Morgan fingerprint density at radius 3 is 2.46 bits per heavy atom. The van der Waals surface area contributed by atoms with E-state index in [1.54, 1.807) is 18.2 Å². The first-order valence-electron chi connectivity index (χ1n) is 7.37. The van der Waals surface area contributed by atoms with Crippen molar-refractivity contribution < 1.29 is 29.0 Å². The highest BCUT2D eigenvalue weighted by atomic mass is 16.7. The molecule has 1 unspecified atom stereocenters. The molecule has 0 aromatic heterocycles. The third-order valence-electron chi connectivity index (χ3n) is 3.78. The number of aliphatic hydroxyl groups is 1. The standard InChI is InChI=1S/C17H17NO6/c1-9(19)8-24-18-16(20)11-7-13(23-3)15-10(14(11)17(18)21)5-4-6-12(15)22-2/h4-7,9,19H,8H2,1-3H3. The normalized spacial score (nSPS) is 14.9. The van der Waals surface area contributed by atoms with Gasteiger partial charge in [0.1, 0.15) is 18.1 Å². The average molecular weight is 331 g/mol. The molecule has 0 radical (unpaired) electrons. The summed E-state index contributed by atoms with van der Waals surface area (Å²) in [6, 6.07) is 6.72. The van der Waals surface area contributed by atoms with E-state index in [1.165, 1.54) is 27.2 Å². The van der Waals surface area contributed by atoms with Crippen LogP contribution >= 0.6 is 0 Å². The molecule has 0 bridgehead atoms. The predicted octanol–water partition coefficient (Wildman–Crippen LogP) is 1.77. The molecule has 1 atom stereocenters. The van der Waals surface area contributed by atoms with Gasteiger partial charge in [-0.25, -0.2) is 0 Å². The summed E-state index contributed by atoms with van der Waals surface area (Å²) in [6.07, 6.45) is -0.805. The van der Waals surface area contributed by atoms with Crippen molar-refractivity contribution in [3.8, 4) is 11.5 Å². The average Bonchev–Trinajstić information content (AvgIpc) is 2.82. The molecule has 3 rings (SSSR count). The Kier molecular flexibility index (Phi) is 4.13. The van der Waals surface area contributed by atoms with E-state index < -0.39 is 17.9 Å². The largest absolute Gasteiger partial charge is 0.496 e. The van der Waals surface area contributed by atoms with Gasteiger partial charge >= 0.3 is 0 Å². The summed E-state index contributed by atoms with van der Waals surface area (Å²) in [4.78, 5) is 30.3. The van der Waals surface area contributed by atoms with Gasteiger partial charge in [0.15, 0.2) is 0 Å². The number of hydrogen-bond donors (Lipinski definition) is 1. The molecule has 2 aromatic rings. The Morgan fingerprint density at radius 2 is 1.83 bits per heavy atom. The van der Waals surface area contributed by atoms with Crippen LogP contribution in [-0.2, 0) is 4.84 Å². The number of imide groups is 1. The Bertz CT molecular complexity index is 829. The van der Waals surface area contributed by atoms with Gasteiger partial charge in [-0.15, -0.1) is 5.06 Å². The summed E-state index contributed by atoms with van der Waals surface area (Å²) in [7, 11) is 3.00. The topological polar surface area (TPSA) is 85.3 Å². The van der Waals surface area contributed by atoms with Gasteiger partial charge < -0.3 is 14.6 Å². The third kappa shape index (κ3) is 2.38. The molecular weight excluding hydrogens is 314 g/mol. The fourth-order valence-corrected chi connectivity index (χ4v) is 2.75. The van der Waals surface area contributed by atoms with E-state index in [-0.39, 0.29) is 17.7 Å². The van der Waals surface area contributed by atoms with Crippen LogP contribution in [0.1, 0.15) is 27.6 Å². The second kappa shape index (κ2) is 6.10. The maximum absolute atomic E-state index is 12.6. The lowest BCUT2D eigenvalue weighted by Gasteiger charge is -2.14. The first kappa shape index (κ1) is 16.2. The summed E-state index contributed by atoms with van der Waals surface area (Å²) in [5, 5.41) is 11.1. The number of rotatable bonds is 5. The summed E-state index contributed by atoms with van der Waals surface area (Å²) in [5.74, 6) is -0.189. The molecule has 1 aliphatic heterocycles. The number of fused-ring (bicyclic) bond motifs is 3. The number of aliphatic hydroxyl groups excluding tert-OH is 1. The van der Waals surface area contributed by atoms with Crippen LogP contribution in [0, 0.1) is 0 Å². The van der Waals surface area contributed by atoms with Crippen molar-refractivity contribution in [3.63, 3.8) is 0 Å². The Labute approximate surface area is 138 Å². The van der Waals surface area contributed by atoms with Crippen molar-refractivity contribution in [2.75, 3.05) is 20.8 Å². The Morgan fingerprint density at radius 1 is 1.12 bits per heavy atom. The molecule has 1 N–H and O–H groups in total. The van der Waals surface area contributed by atoms with E-state index in [2.05, 4.69) is 0 Å². The lowest BCUT2D eigenvalue weighted by Crippen LogP contribution is -2.32. The van der Waals surface area contributed by atoms with Crippen molar-refractivity contribution in [2.45, 2.75) is 13.0 Å². The molecule has 0 spiro atoms. The zero-order chi connectivity index (χ0) is 17.4. The van der Waals surface area contributed by atoms with Gasteiger partial charge in [0, 0.05) is 5.39 Å². The number of hydrogen-bond acceptors (Lipinski definition) is 6. The highest BCUT2D eigenvalue weighted by Crippen LogP contribution is 2.40. The van der Waals surface area contributed by atoms with Crippen LogP contribution in [0.5, 0.6) is 11.5 Å². The van der Waals surface area contributed by atoms with Gasteiger partial charge in [0.05, 0.1) is 36.8 Å². The number of ether oxygens (including phenoxy) is 2. The maximum Gasteiger partial charge on any atom is 0.286 e. The number of amides is 2.